The van der Waals surface area contributed by atoms with Crippen molar-refractivity contribution in [3.8, 4) is 0 Å². The van der Waals surface area contributed by atoms with Crippen LogP contribution in [0.2, 0.25) is 0 Å². The molecule has 1 aliphatic carbocycles. The van der Waals surface area contributed by atoms with E-state index >= 15 is 0 Å². The first kappa shape index (κ1) is 22.4. The van der Waals surface area contributed by atoms with E-state index in [0.29, 0.717) is 16.4 Å². The lowest BCUT2D eigenvalue weighted by Gasteiger charge is -2.16. The van der Waals surface area contributed by atoms with Crippen molar-refractivity contribution in [3.63, 3.8) is 0 Å². The van der Waals surface area contributed by atoms with Crippen molar-refractivity contribution in [2.24, 2.45) is 0 Å². The third-order valence-corrected chi connectivity index (χ3v) is 6.31. The van der Waals surface area contributed by atoms with Crippen LogP contribution in [0.25, 0.3) is 0 Å². The maximum atomic E-state index is 12.5. The van der Waals surface area contributed by atoms with Crippen LogP contribution in [-0.2, 0) is 27.2 Å². The minimum atomic E-state index is -0.431. The predicted octanol–water partition coefficient (Wildman–Crippen LogP) is 3.08. The molecule has 160 valence electrons. The van der Waals surface area contributed by atoms with Gasteiger partial charge in [0.15, 0.2) is 0 Å². The molecule has 8 nitrogen and oxygen atoms in total. The summed E-state index contributed by atoms with van der Waals surface area (Å²) in [5, 5.41) is 6.04. The fraction of sp³-hybridized carbons (Fsp3) is 0.400. The third kappa shape index (κ3) is 5.65. The van der Waals surface area contributed by atoms with E-state index in [0.717, 1.165) is 40.6 Å². The number of nitrogens with one attached hydrogen (secondary N) is 2. The molecule has 0 radical (unpaired) electrons. The number of aromatic nitrogens is 1. The van der Waals surface area contributed by atoms with Crippen molar-refractivity contribution < 1.29 is 19.1 Å². The van der Waals surface area contributed by atoms with Gasteiger partial charge in [0.1, 0.15) is 10.8 Å². The molecule has 0 fully saturated rings. The molecule has 0 unspecified atom stereocenters. The standard InChI is InChI=1S/C20H23BrN4O4S/c1-25(10-16(26)23-15-8-7-12(21)9-22-15)11-17(27)24-19-18(20(28)29-2)13-5-3-4-6-14(13)30-19/h7-9H,3-6,10-11H2,1-2H3,(H,24,27)(H,22,23,26). The molecule has 2 aromatic heterocycles. The summed E-state index contributed by atoms with van der Waals surface area (Å²) in [7, 11) is 3.02. The fourth-order valence-corrected chi connectivity index (χ4v) is 4.84. The molecule has 0 atom stereocenters. The fourth-order valence-electron chi connectivity index (χ4n) is 3.32. The molecular weight excluding hydrogens is 472 g/mol. The summed E-state index contributed by atoms with van der Waals surface area (Å²) in [5.41, 5.74) is 1.45. The molecule has 3 rings (SSSR count). The van der Waals surface area contributed by atoms with Gasteiger partial charge < -0.3 is 15.4 Å². The van der Waals surface area contributed by atoms with E-state index in [9.17, 15) is 14.4 Å². The van der Waals surface area contributed by atoms with Crippen molar-refractivity contribution in [3.05, 3.63) is 38.8 Å². The topological polar surface area (TPSA) is 101 Å². The highest BCUT2D eigenvalue weighted by Crippen LogP contribution is 2.38. The Bertz CT molecular complexity index is 945. The van der Waals surface area contributed by atoms with Crippen LogP contribution in [0.15, 0.2) is 22.8 Å². The van der Waals surface area contributed by atoms with E-state index < -0.39 is 5.97 Å². The minimum absolute atomic E-state index is 0.00433. The number of esters is 1. The summed E-state index contributed by atoms with van der Waals surface area (Å²) in [6, 6.07) is 3.46. The number of rotatable bonds is 7. The maximum Gasteiger partial charge on any atom is 0.341 e. The zero-order chi connectivity index (χ0) is 21.7. The van der Waals surface area contributed by atoms with E-state index in [4.69, 9.17) is 4.74 Å². The highest BCUT2D eigenvalue weighted by atomic mass is 79.9. The number of carbonyl (C=O) groups is 3. The number of amides is 2. The number of methoxy groups -OCH3 is 1. The van der Waals surface area contributed by atoms with Gasteiger partial charge in [0.25, 0.3) is 0 Å². The molecule has 1 aliphatic rings. The molecule has 10 heteroatoms. The summed E-state index contributed by atoms with van der Waals surface area (Å²) in [6.07, 6.45) is 5.41. The molecule has 0 aromatic carbocycles. The first-order chi connectivity index (χ1) is 14.4. The number of aryl methyl sites for hydroxylation is 1. The Hall–Kier alpha value is -2.30. The van der Waals surface area contributed by atoms with Gasteiger partial charge in [0.05, 0.1) is 25.8 Å². The number of hydrogen-bond donors (Lipinski definition) is 2. The highest BCUT2D eigenvalue weighted by molar-refractivity contribution is 9.10. The van der Waals surface area contributed by atoms with Gasteiger partial charge in [-0.1, -0.05) is 0 Å². The lowest BCUT2D eigenvalue weighted by atomic mass is 9.95. The first-order valence-corrected chi connectivity index (χ1v) is 11.1. The average molecular weight is 495 g/mol. The van der Waals surface area contributed by atoms with Gasteiger partial charge in [-0.05, 0) is 66.4 Å². The van der Waals surface area contributed by atoms with Gasteiger partial charge in [-0.2, -0.15) is 0 Å². The summed E-state index contributed by atoms with van der Waals surface area (Å²) < 4.78 is 5.74. The van der Waals surface area contributed by atoms with Gasteiger partial charge in [-0.15, -0.1) is 11.3 Å². The Labute approximate surface area is 187 Å². The molecule has 0 spiro atoms. The van der Waals surface area contributed by atoms with Gasteiger partial charge in [-0.25, -0.2) is 9.78 Å². The van der Waals surface area contributed by atoms with Crippen LogP contribution in [-0.4, -0.2) is 54.9 Å². The monoisotopic (exact) mass is 494 g/mol. The SMILES string of the molecule is COC(=O)c1c(NC(=O)CN(C)CC(=O)Nc2ccc(Br)cn2)sc2c1CCCC2. The van der Waals surface area contributed by atoms with Gasteiger partial charge in [-0.3, -0.25) is 14.5 Å². The van der Waals surface area contributed by atoms with Gasteiger partial charge in [0.2, 0.25) is 11.8 Å². The number of likely N-dealkylation sites (N-methyl/N-ethyl adjacent to an activating group) is 1. The maximum absolute atomic E-state index is 12.5. The molecule has 2 amide bonds. The number of thiophene rings is 1. The van der Waals surface area contributed by atoms with Crippen LogP contribution in [0.1, 0.15) is 33.6 Å². The van der Waals surface area contributed by atoms with E-state index in [1.165, 1.54) is 18.4 Å². The first-order valence-electron chi connectivity index (χ1n) is 9.50. The number of nitrogens with zero attached hydrogens (tertiary/aromatic N) is 2. The quantitative estimate of drug-likeness (QED) is 0.573. The summed E-state index contributed by atoms with van der Waals surface area (Å²) in [6.45, 7) is 0.0281. The summed E-state index contributed by atoms with van der Waals surface area (Å²) in [4.78, 5) is 43.8. The van der Waals surface area contributed by atoms with Crippen molar-refractivity contribution in [1.29, 1.82) is 0 Å². The van der Waals surface area contributed by atoms with Gasteiger partial charge in [0, 0.05) is 15.5 Å². The van der Waals surface area contributed by atoms with E-state index in [1.807, 2.05) is 0 Å². The predicted molar refractivity (Wildman–Crippen MR) is 119 cm³/mol. The molecule has 0 aliphatic heterocycles. The minimum Gasteiger partial charge on any atom is -0.465 e. The zero-order valence-electron chi connectivity index (χ0n) is 16.8. The number of carbonyl (C=O) groups excluding carboxylic acids is 3. The third-order valence-electron chi connectivity index (χ3n) is 4.64. The highest BCUT2D eigenvalue weighted by Gasteiger charge is 2.27. The molecule has 30 heavy (non-hydrogen) atoms. The number of fused-ring (bicyclic) bond motifs is 1. The molecule has 0 bridgehead atoms. The van der Waals surface area contributed by atoms with Crippen molar-refractivity contribution >= 4 is 55.9 Å². The van der Waals surface area contributed by atoms with Gasteiger partial charge >= 0.3 is 5.97 Å². The van der Waals surface area contributed by atoms with Crippen molar-refractivity contribution in [2.75, 3.05) is 37.9 Å². The molecule has 0 saturated heterocycles. The van der Waals surface area contributed by atoms with Crippen LogP contribution in [0.4, 0.5) is 10.8 Å². The second kappa shape index (κ2) is 10.1. The van der Waals surface area contributed by atoms with E-state index in [1.54, 1.807) is 30.3 Å². The number of halogens is 1. The van der Waals surface area contributed by atoms with E-state index in [2.05, 4.69) is 31.5 Å². The summed E-state index contributed by atoms with van der Waals surface area (Å²) in [5.74, 6) is -0.565. The number of hydrogen-bond acceptors (Lipinski definition) is 7. The molecular formula is C20H23BrN4O4S. The number of pyridine rings is 1. The van der Waals surface area contributed by atoms with Crippen molar-refractivity contribution in [1.82, 2.24) is 9.88 Å². The van der Waals surface area contributed by atoms with Crippen molar-refractivity contribution in [2.45, 2.75) is 25.7 Å². The second-order valence-electron chi connectivity index (χ2n) is 7.04. The molecule has 2 aromatic rings. The average Bonchev–Trinajstić information content (AvgIpc) is 3.06. The van der Waals surface area contributed by atoms with Crippen LogP contribution in [0.3, 0.4) is 0 Å². The second-order valence-corrected chi connectivity index (χ2v) is 9.06. The molecule has 0 saturated carbocycles. The number of anilines is 2. The van der Waals surface area contributed by atoms with Crippen LogP contribution < -0.4 is 10.6 Å². The Balaban J connectivity index is 1.58. The molecule has 2 N–H and O–H groups in total. The van der Waals surface area contributed by atoms with Crippen LogP contribution in [0, 0.1) is 0 Å². The normalized spacial score (nSPS) is 12.9. The van der Waals surface area contributed by atoms with E-state index in [-0.39, 0.29) is 24.9 Å². The number of ether oxygens (including phenoxy) is 1. The summed E-state index contributed by atoms with van der Waals surface area (Å²) >= 11 is 4.72. The Kier molecular flexibility index (Phi) is 7.57. The Morgan fingerprint density at radius 3 is 2.53 bits per heavy atom. The smallest absolute Gasteiger partial charge is 0.341 e. The zero-order valence-corrected chi connectivity index (χ0v) is 19.2. The Morgan fingerprint density at radius 2 is 1.87 bits per heavy atom. The lowest BCUT2D eigenvalue weighted by Crippen LogP contribution is -2.36. The molecule has 2 heterocycles. The lowest BCUT2D eigenvalue weighted by molar-refractivity contribution is -0.119. The Morgan fingerprint density at radius 1 is 1.17 bits per heavy atom. The largest absolute Gasteiger partial charge is 0.465 e. The van der Waals surface area contributed by atoms with Crippen LogP contribution >= 0.6 is 27.3 Å². The van der Waals surface area contributed by atoms with Crippen LogP contribution in [0.5, 0.6) is 0 Å².